The Bertz CT molecular complexity index is 307. The summed E-state index contributed by atoms with van der Waals surface area (Å²) in [5, 5.41) is 12.8. The van der Waals surface area contributed by atoms with Crippen molar-refractivity contribution in [2.24, 2.45) is 5.41 Å². The van der Waals surface area contributed by atoms with E-state index in [1.807, 2.05) is 6.92 Å². The normalized spacial score (nSPS) is 22.1. The van der Waals surface area contributed by atoms with Gasteiger partial charge in [-0.3, -0.25) is 5.32 Å². The Kier molecular flexibility index (Phi) is 6.99. The predicted octanol–water partition coefficient (Wildman–Crippen LogP) is 3.56. The monoisotopic (exact) mass is 279 g/mol. The molecule has 0 saturated carbocycles. The number of nitrogens with zero attached hydrogens (tertiary/aromatic N) is 2. The summed E-state index contributed by atoms with van der Waals surface area (Å²) < 4.78 is 0. The molecule has 0 aromatic rings. The summed E-state index contributed by atoms with van der Waals surface area (Å²) in [6.45, 7) is 13.2. The summed E-state index contributed by atoms with van der Waals surface area (Å²) in [6, 6.07) is 2.45. The third-order valence-electron chi connectivity index (χ3n) is 5.36. The molecule has 0 aromatic carbocycles. The molecule has 3 nitrogen and oxygen atoms in total. The molecular formula is C17H33N3. The number of nitrogens with one attached hydrogen (secondary N) is 1. The van der Waals surface area contributed by atoms with E-state index in [1.165, 1.54) is 38.8 Å². The molecule has 0 radical (unpaired) electrons. The van der Waals surface area contributed by atoms with E-state index < -0.39 is 0 Å². The Morgan fingerprint density at radius 3 is 2.25 bits per heavy atom. The molecular weight excluding hydrogens is 246 g/mol. The molecule has 0 spiro atoms. The highest BCUT2D eigenvalue weighted by atomic mass is 15.1. The lowest BCUT2D eigenvalue weighted by Crippen LogP contribution is -2.46. The molecule has 1 fully saturated rings. The smallest absolute Gasteiger partial charge is 0.105 e. The molecule has 1 rings (SSSR count). The van der Waals surface area contributed by atoms with Gasteiger partial charge in [0.2, 0.25) is 0 Å². The lowest BCUT2D eigenvalue weighted by Gasteiger charge is -2.41. The number of hydrogen-bond donors (Lipinski definition) is 1. The molecule has 0 bridgehead atoms. The zero-order valence-corrected chi connectivity index (χ0v) is 14.0. The van der Waals surface area contributed by atoms with E-state index in [9.17, 15) is 5.26 Å². The van der Waals surface area contributed by atoms with Gasteiger partial charge in [0.15, 0.2) is 0 Å². The van der Waals surface area contributed by atoms with Crippen LogP contribution in [0.2, 0.25) is 0 Å². The average molecular weight is 279 g/mol. The van der Waals surface area contributed by atoms with Crippen LogP contribution in [0.5, 0.6) is 0 Å². The van der Waals surface area contributed by atoms with E-state index >= 15 is 0 Å². The Labute approximate surface area is 125 Å². The fourth-order valence-electron chi connectivity index (χ4n) is 3.17. The molecule has 1 atom stereocenters. The minimum Gasteiger partial charge on any atom is -0.303 e. The third kappa shape index (κ3) is 4.75. The van der Waals surface area contributed by atoms with Crippen molar-refractivity contribution in [3.05, 3.63) is 0 Å². The summed E-state index contributed by atoms with van der Waals surface area (Å²) in [7, 11) is 0. The first-order chi connectivity index (χ1) is 9.53. The van der Waals surface area contributed by atoms with Crippen molar-refractivity contribution in [1.29, 1.82) is 5.26 Å². The highest BCUT2D eigenvalue weighted by molar-refractivity contribution is 5.04. The third-order valence-corrected chi connectivity index (χ3v) is 5.36. The van der Waals surface area contributed by atoms with Crippen LogP contribution in [-0.2, 0) is 0 Å². The minimum absolute atomic E-state index is 0.361. The van der Waals surface area contributed by atoms with E-state index in [0.717, 1.165) is 25.9 Å². The van der Waals surface area contributed by atoms with Gasteiger partial charge in [0.05, 0.1) is 6.07 Å². The van der Waals surface area contributed by atoms with Gasteiger partial charge in [-0.15, -0.1) is 0 Å². The number of piperidine rings is 1. The minimum atomic E-state index is -0.361. The van der Waals surface area contributed by atoms with Crippen molar-refractivity contribution in [1.82, 2.24) is 10.2 Å². The largest absolute Gasteiger partial charge is 0.303 e. The predicted molar refractivity (Wildman–Crippen MR) is 85.6 cm³/mol. The second-order valence-corrected chi connectivity index (χ2v) is 6.67. The van der Waals surface area contributed by atoms with Crippen molar-refractivity contribution in [2.75, 3.05) is 26.2 Å². The zero-order valence-electron chi connectivity index (χ0n) is 14.0. The van der Waals surface area contributed by atoms with Gasteiger partial charge in [-0.25, -0.2) is 0 Å². The van der Waals surface area contributed by atoms with E-state index in [0.29, 0.717) is 5.41 Å². The summed E-state index contributed by atoms with van der Waals surface area (Å²) >= 11 is 0. The fourth-order valence-corrected chi connectivity index (χ4v) is 3.17. The molecule has 0 aliphatic carbocycles. The van der Waals surface area contributed by atoms with Gasteiger partial charge in [-0.2, -0.15) is 5.26 Å². The second-order valence-electron chi connectivity index (χ2n) is 6.67. The summed E-state index contributed by atoms with van der Waals surface area (Å²) in [5.74, 6) is 0. The highest BCUT2D eigenvalue weighted by Gasteiger charge is 2.32. The van der Waals surface area contributed by atoms with Gasteiger partial charge in [0, 0.05) is 6.54 Å². The van der Waals surface area contributed by atoms with Gasteiger partial charge in [0.1, 0.15) is 5.54 Å². The molecule has 0 aromatic heterocycles. The summed E-state index contributed by atoms with van der Waals surface area (Å²) in [4.78, 5) is 2.55. The quantitative estimate of drug-likeness (QED) is 0.738. The van der Waals surface area contributed by atoms with E-state index in [1.54, 1.807) is 0 Å². The topological polar surface area (TPSA) is 39.1 Å². The Morgan fingerprint density at radius 1 is 1.20 bits per heavy atom. The standard InChI is InChI=1S/C17H33N3/c1-5-11-19-16(4,15-18)8-12-20-13-9-17(6-2,7-3)10-14-20/h19H,5-14H2,1-4H3. The number of likely N-dealkylation sites (tertiary alicyclic amines) is 1. The lowest BCUT2D eigenvalue weighted by molar-refractivity contribution is 0.0909. The zero-order chi connectivity index (χ0) is 15.1. The van der Waals surface area contributed by atoms with E-state index in [2.05, 4.69) is 37.1 Å². The maximum Gasteiger partial charge on any atom is 0.105 e. The first kappa shape index (κ1) is 17.5. The molecule has 116 valence electrons. The van der Waals surface area contributed by atoms with Crippen molar-refractivity contribution in [3.8, 4) is 6.07 Å². The molecule has 1 unspecified atom stereocenters. The maximum atomic E-state index is 9.37. The maximum absolute atomic E-state index is 9.37. The first-order valence-corrected chi connectivity index (χ1v) is 8.41. The summed E-state index contributed by atoms with van der Waals surface area (Å²) in [5.41, 5.74) is 0.232. The van der Waals surface area contributed by atoms with Crippen LogP contribution in [0.15, 0.2) is 0 Å². The Hall–Kier alpha value is -0.590. The molecule has 1 heterocycles. The molecule has 20 heavy (non-hydrogen) atoms. The van der Waals surface area contributed by atoms with Crippen LogP contribution in [0.3, 0.4) is 0 Å². The van der Waals surface area contributed by atoms with Crippen LogP contribution in [0.25, 0.3) is 0 Å². The molecule has 1 saturated heterocycles. The number of rotatable bonds is 8. The van der Waals surface area contributed by atoms with Gasteiger partial charge < -0.3 is 4.90 Å². The fraction of sp³-hybridized carbons (Fsp3) is 0.941. The Morgan fingerprint density at radius 2 is 1.80 bits per heavy atom. The molecule has 1 aliphatic heterocycles. The van der Waals surface area contributed by atoms with Gasteiger partial charge in [0.25, 0.3) is 0 Å². The van der Waals surface area contributed by atoms with Gasteiger partial charge in [-0.1, -0.05) is 33.6 Å². The number of hydrogen-bond acceptors (Lipinski definition) is 3. The van der Waals surface area contributed by atoms with Crippen LogP contribution in [0.1, 0.15) is 66.2 Å². The summed E-state index contributed by atoms with van der Waals surface area (Å²) in [6.07, 6.45) is 7.28. The van der Waals surface area contributed by atoms with Crippen molar-refractivity contribution < 1.29 is 0 Å². The van der Waals surface area contributed by atoms with Crippen molar-refractivity contribution in [2.45, 2.75) is 71.8 Å². The Balaban J connectivity index is 2.39. The van der Waals surface area contributed by atoms with Crippen LogP contribution in [0.4, 0.5) is 0 Å². The van der Waals surface area contributed by atoms with Crippen LogP contribution >= 0.6 is 0 Å². The van der Waals surface area contributed by atoms with E-state index in [-0.39, 0.29) is 5.54 Å². The number of nitriles is 1. The van der Waals surface area contributed by atoms with Crippen molar-refractivity contribution in [3.63, 3.8) is 0 Å². The molecule has 0 amide bonds. The second kappa shape index (κ2) is 8.00. The van der Waals surface area contributed by atoms with Gasteiger partial charge in [-0.05, 0) is 57.7 Å². The van der Waals surface area contributed by atoms with E-state index in [4.69, 9.17) is 0 Å². The SMILES string of the molecule is CCCNC(C)(C#N)CCN1CCC(CC)(CC)CC1. The lowest BCUT2D eigenvalue weighted by atomic mass is 9.74. The molecule has 1 N–H and O–H groups in total. The average Bonchev–Trinajstić information content (AvgIpc) is 2.51. The van der Waals surface area contributed by atoms with Crippen LogP contribution in [0, 0.1) is 16.7 Å². The van der Waals surface area contributed by atoms with Crippen LogP contribution in [-0.4, -0.2) is 36.6 Å². The molecule has 3 heteroatoms. The highest BCUT2D eigenvalue weighted by Crippen LogP contribution is 2.37. The molecule has 1 aliphatic rings. The van der Waals surface area contributed by atoms with Gasteiger partial charge >= 0.3 is 0 Å². The van der Waals surface area contributed by atoms with Crippen LogP contribution < -0.4 is 5.32 Å². The van der Waals surface area contributed by atoms with Crippen molar-refractivity contribution >= 4 is 0 Å². The first-order valence-electron chi connectivity index (χ1n) is 8.41.